The van der Waals surface area contributed by atoms with Gasteiger partial charge in [-0.05, 0) is 31.4 Å². The first-order valence-electron chi connectivity index (χ1n) is 6.46. The summed E-state index contributed by atoms with van der Waals surface area (Å²) in [6, 6.07) is 2.19. The van der Waals surface area contributed by atoms with Gasteiger partial charge in [-0.15, -0.1) is 0 Å². The van der Waals surface area contributed by atoms with Gasteiger partial charge in [-0.25, -0.2) is 0 Å². The lowest BCUT2D eigenvalue weighted by molar-refractivity contribution is -0.387. The Kier molecular flexibility index (Phi) is 4.15. The number of halogens is 1. The fourth-order valence-electron chi connectivity index (χ4n) is 2.42. The van der Waals surface area contributed by atoms with Gasteiger partial charge in [0, 0.05) is 18.2 Å². The monoisotopic (exact) mass is 295 g/mol. The molecule has 0 aromatic heterocycles. The number of nitro benzene ring substituents is 1. The standard InChI is InChI=1S/C13H14FN3O4/c14-9-5-4-8(7-11(9)17(20)21)13(19)16-6-2-1-3-10(16)12(15)18/h4-5,7,10H,1-3,6H2,(H2,15,18). The van der Waals surface area contributed by atoms with Gasteiger partial charge in [-0.1, -0.05) is 0 Å². The van der Waals surface area contributed by atoms with Crippen molar-refractivity contribution >= 4 is 17.5 Å². The summed E-state index contributed by atoms with van der Waals surface area (Å²) in [5, 5.41) is 10.7. The largest absolute Gasteiger partial charge is 0.368 e. The average molecular weight is 295 g/mol. The maximum Gasteiger partial charge on any atom is 0.305 e. The summed E-state index contributed by atoms with van der Waals surface area (Å²) in [4.78, 5) is 34.9. The molecule has 1 unspecified atom stereocenters. The molecule has 112 valence electrons. The zero-order chi connectivity index (χ0) is 15.6. The lowest BCUT2D eigenvalue weighted by Crippen LogP contribution is -2.50. The van der Waals surface area contributed by atoms with Crippen molar-refractivity contribution in [3.63, 3.8) is 0 Å². The number of primary amides is 1. The van der Waals surface area contributed by atoms with E-state index in [1.165, 1.54) is 4.90 Å². The van der Waals surface area contributed by atoms with E-state index in [4.69, 9.17) is 5.73 Å². The number of amides is 2. The number of nitrogens with zero attached hydrogens (tertiary/aromatic N) is 2. The highest BCUT2D eigenvalue weighted by Crippen LogP contribution is 2.23. The Hall–Kier alpha value is -2.51. The number of carbonyl (C=O) groups excluding carboxylic acids is 2. The minimum Gasteiger partial charge on any atom is -0.368 e. The molecular formula is C13H14FN3O4. The maximum atomic E-state index is 13.3. The van der Waals surface area contributed by atoms with Gasteiger partial charge in [0.15, 0.2) is 0 Å². The van der Waals surface area contributed by atoms with Crippen molar-refractivity contribution in [1.29, 1.82) is 0 Å². The minimum atomic E-state index is -1.01. The van der Waals surface area contributed by atoms with Crippen LogP contribution in [-0.4, -0.2) is 34.2 Å². The molecule has 0 bridgehead atoms. The number of rotatable bonds is 3. The Bertz CT molecular complexity index is 605. The van der Waals surface area contributed by atoms with E-state index in [1.54, 1.807) is 0 Å². The normalized spacial score (nSPS) is 18.3. The number of hydrogen-bond donors (Lipinski definition) is 1. The van der Waals surface area contributed by atoms with Crippen LogP contribution in [0.4, 0.5) is 10.1 Å². The number of likely N-dealkylation sites (tertiary alicyclic amines) is 1. The summed E-state index contributed by atoms with van der Waals surface area (Å²) in [7, 11) is 0. The summed E-state index contributed by atoms with van der Waals surface area (Å²) in [5.41, 5.74) is 4.47. The highest BCUT2D eigenvalue weighted by molar-refractivity contribution is 5.98. The van der Waals surface area contributed by atoms with Crippen LogP contribution in [-0.2, 0) is 4.79 Å². The predicted octanol–water partition coefficient (Wildman–Crippen LogP) is 1.21. The van der Waals surface area contributed by atoms with E-state index < -0.39 is 34.3 Å². The average Bonchev–Trinajstić information content (AvgIpc) is 2.46. The molecule has 2 amide bonds. The zero-order valence-electron chi connectivity index (χ0n) is 11.1. The molecule has 1 fully saturated rings. The number of hydrogen-bond acceptors (Lipinski definition) is 4. The lowest BCUT2D eigenvalue weighted by atomic mass is 10.00. The second kappa shape index (κ2) is 5.86. The van der Waals surface area contributed by atoms with Gasteiger partial charge in [-0.2, -0.15) is 4.39 Å². The number of carbonyl (C=O) groups is 2. The molecule has 1 atom stereocenters. The number of nitro groups is 1. The van der Waals surface area contributed by atoms with Gasteiger partial charge in [-0.3, -0.25) is 19.7 Å². The van der Waals surface area contributed by atoms with Crippen LogP contribution in [0, 0.1) is 15.9 Å². The lowest BCUT2D eigenvalue weighted by Gasteiger charge is -2.33. The van der Waals surface area contributed by atoms with E-state index in [-0.39, 0.29) is 5.56 Å². The molecule has 1 aromatic carbocycles. The third-order valence-corrected chi connectivity index (χ3v) is 3.48. The van der Waals surface area contributed by atoms with Crippen LogP contribution in [0.5, 0.6) is 0 Å². The molecule has 21 heavy (non-hydrogen) atoms. The van der Waals surface area contributed by atoms with Crippen molar-refractivity contribution in [3.05, 3.63) is 39.7 Å². The fourth-order valence-corrected chi connectivity index (χ4v) is 2.42. The van der Waals surface area contributed by atoms with Crippen molar-refractivity contribution in [3.8, 4) is 0 Å². The summed E-state index contributed by atoms with van der Waals surface area (Å²) in [6.45, 7) is 0.345. The number of piperidine rings is 1. The van der Waals surface area contributed by atoms with E-state index in [0.717, 1.165) is 31.0 Å². The summed E-state index contributed by atoms with van der Waals surface area (Å²) in [6.07, 6.45) is 1.96. The first-order chi connectivity index (χ1) is 9.91. The van der Waals surface area contributed by atoms with Crippen LogP contribution in [0.1, 0.15) is 29.6 Å². The topological polar surface area (TPSA) is 107 Å². The van der Waals surface area contributed by atoms with Gasteiger partial charge in [0.05, 0.1) is 4.92 Å². The number of nitrogens with two attached hydrogens (primary N) is 1. The van der Waals surface area contributed by atoms with Gasteiger partial charge in [0.25, 0.3) is 5.91 Å². The quantitative estimate of drug-likeness (QED) is 0.668. The Morgan fingerprint density at radius 2 is 2.10 bits per heavy atom. The summed E-state index contributed by atoms with van der Waals surface area (Å²) < 4.78 is 13.3. The van der Waals surface area contributed by atoms with Crippen molar-refractivity contribution in [1.82, 2.24) is 4.90 Å². The summed E-state index contributed by atoms with van der Waals surface area (Å²) in [5.74, 6) is -2.18. The van der Waals surface area contributed by atoms with Crippen LogP contribution in [0.15, 0.2) is 18.2 Å². The maximum absolute atomic E-state index is 13.3. The third kappa shape index (κ3) is 2.99. The van der Waals surface area contributed by atoms with E-state index in [9.17, 15) is 24.1 Å². The molecule has 1 aliphatic rings. The summed E-state index contributed by atoms with van der Waals surface area (Å²) >= 11 is 0. The Morgan fingerprint density at radius 1 is 1.38 bits per heavy atom. The molecule has 2 rings (SSSR count). The van der Waals surface area contributed by atoms with Crippen molar-refractivity contribution in [2.45, 2.75) is 25.3 Å². The fraction of sp³-hybridized carbons (Fsp3) is 0.385. The third-order valence-electron chi connectivity index (χ3n) is 3.48. The molecule has 0 aliphatic carbocycles. The highest BCUT2D eigenvalue weighted by Gasteiger charge is 2.32. The Balaban J connectivity index is 2.32. The molecule has 1 heterocycles. The molecule has 7 nitrogen and oxygen atoms in total. The Morgan fingerprint density at radius 3 is 2.71 bits per heavy atom. The molecule has 0 spiro atoms. The predicted molar refractivity (Wildman–Crippen MR) is 70.9 cm³/mol. The first-order valence-corrected chi connectivity index (χ1v) is 6.46. The highest BCUT2D eigenvalue weighted by atomic mass is 19.1. The Labute approximate surface area is 119 Å². The smallest absolute Gasteiger partial charge is 0.305 e. The van der Waals surface area contributed by atoms with E-state index >= 15 is 0 Å². The molecule has 0 saturated carbocycles. The molecule has 1 saturated heterocycles. The first kappa shape index (κ1) is 14.9. The molecule has 8 heteroatoms. The van der Waals surface area contributed by atoms with Gasteiger partial charge >= 0.3 is 5.69 Å². The molecular weight excluding hydrogens is 281 g/mol. The van der Waals surface area contributed by atoms with Crippen LogP contribution >= 0.6 is 0 Å². The molecule has 2 N–H and O–H groups in total. The number of benzene rings is 1. The zero-order valence-corrected chi connectivity index (χ0v) is 11.1. The van der Waals surface area contributed by atoms with Gasteiger partial charge in [0.1, 0.15) is 6.04 Å². The van der Waals surface area contributed by atoms with Crippen LogP contribution in [0.25, 0.3) is 0 Å². The van der Waals surface area contributed by atoms with E-state index in [2.05, 4.69) is 0 Å². The molecule has 1 aliphatic heterocycles. The van der Waals surface area contributed by atoms with Crippen LogP contribution in [0.2, 0.25) is 0 Å². The van der Waals surface area contributed by atoms with E-state index in [0.29, 0.717) is 13.0 Å². The SMILES string of the molecule is NC(=O)C1CCCCN1C(=O)c1ccc(F)c([N+](=O)[O-])c1. The van der Waals surface area contributed by atoms with Crippen molar-refractivity contribution in [2.24, 2.45) is 5.73 Å². The van der Waals surface area contributed by atoms with Crippen LogP contribution < -0.4 is 5.73 Å². The second-order valence-electron chi connectivity index (χ2n) is 4.84. The molecule has 1 aromatic rings. The van der Waals surface area contributed by atoms with E-state index in [1.807, 2.05) is 0 Å². The van der Waals surface area contributed by atoms with Crippen LogP contribution in [0.3, 0.4) is 0 Å². The van der Waals surface area contributed by atoms with Gasteiger partial charge < -0.3 is 10.6 Å². The van der Waals surface area contributed by atoms with Crippen molar-refractivity contribution < 1.29 is 18.9 Å². The van der Waals surface area contributed by atoms with Gasteiger partial charge in [0.2, 0.25) is 11.7 Å². The molecule has 0 radical (unpaired) electrons. The minimum absolute atomic E-state index is 0.0312. The van der Waals surface area contributed by atoms with Crippen molar-refractivity contribution in [2.75, 3.05) is 6.54 Å². The second-order valence-corrected chi connectivity index (χ2v) is 4.84.